The summed E-state index contributed by atoms with van der Waals surface area (Å²) in [5, 5.41) is 1.12. The molecule has 0 radical (unpaired) electrons. The third-order valence-corrected chi connectivity index (χ3v) is 5.70. The largest absolute Gasteiger partial charge is 0.489 e. The number of anilines is 1. The molecule has 7 heteroatoms. The van der Waals surface area contributed by atoms with E-state index in [4.69, 9.17) is 14.2 Å². The Hall–Kier alpha value is -3.48. The summed E-state index contributed by atoms with van der Waals surface area (Å²) in [5.41, 5.74) is 0.166. The fraction of sp³-hybridized carbons (Fsp3) is 0.467. The normalized spacial score (nSPS) is 11.6. The highest BCUT2D eigenvalue weighted by atomic mass is 16.6. The van der Waals surface area contributed by atoms with E-state index in [1.807, 2.05) is 71.0 Å². The van der Waals surface area contributed by atoms with Crippen LogP contribution >= 0.6 is 0 Å². The third-order valence-electron chi connectivity index (χ3n) is 5.70. The number of carbonyl (C=O) groups is 1. The summed E-state index contributed by atoms with van der Waals surface area (Å²) in [6.45, 7) is 12.9. The average Bonchev–Trinajstić information content (AvgIpc) is 2.84. The number of carbonyl (C=O) groups excluding carboxylic acids is 1. The molecule has 0 fully saturated rings. The lowest BCUT2D eigenvalue weighted by Gasteiger charge is -2.29. The minimum Gasteiger partial charge on any atom is -0.489 e. The summed E-state index contributed by atoms with van der Waals surface area (Å²) < 4.78 is 19.7. The maximum Gasteiger partial charge on any atom is 0.415 e. The Balaban J connectivity index is 2.19. The molecule has 0 bridgehead atoms. The zero-order valence-electron chi connectivity index (χ0n) is 23.2. The lowest BCUT2D eigenvalue weighted by Crippen LogP contribution is -2.38. The Morgan fingerprint density at radius 2 is 1.73 bits per heavy atom. The minimum atomic E-state index is -0.687. The molecule has 0 spiro atoms. The predicted molar refractivity (Wildman–Crippen MR) is 149 cm³/mol. The first-order valence-electron chi connectivity index (χ1n) is 13.0. The van der Waals surface area contributed by atoms with Crippen LogP contribution in [-0.2, 0) is 17.9 Å². The van der Waals surface area contributed by atoms with Gasteiger partial charge in [0.25, 0.3) is 5.56 Å². The van der Waals surface area contributed by atoms with E-state index in [2.05, 4.69) is 6.92 Å². The van der Waals surface area contributed by atoms with Gasteiger partial charge in [-0.2, -0.15) is 0 Å². The van der Waals surface area contributed by atoms with Gasteiger partial charge in [0.15, 0.2) is 11.6 Å². The first kappa shape index (κ1) is 28.1. The van der Waals surface area contributed by atoms with Gasteiger partial charge >= 0.3 is 6.09 Å². The van der Waals surface area contributed by atoms with Crippen molar-refractivity contribution >= 4 is 22.7 Å². The standard InChI is InChI=1S/C30H40N2O5/c1-8-9-17-35-26-25-18-23(36-20-22-13-11-10-12-14-22)15-16-24(25)28(33)32(19-21(2)3)27(26)31(7)29(34)37-30(4,5)6/h10-16,18,21H,8-9,17,19-20H2,1-7H3. The van der Waals surface area contributed by atoms with E-state index >= 15 is 0 Å². The lowest BCUT2D eigenvalue weighted by atomic mass is 10.1. The molecule has 0 aliphatic carbocycles. The molecule has 0 N–H and O–H groups in total. The van der Waals surface area contributed by atoms with Crippen LogP contribution in [0, 0.1) is 5.92 Å². The number of hydrogen-bond donors (Lipinski definition) is 0. The van der Waals surface area contributed by atoms with E-state index in [9.17, 15) is 9.59 Å². The number of rotatable bonds is 10. The van der Waals surface area contributed by atoms with E-state index in [1.165, 1.54) is 4.90 Å². The fourth-order valence-electron chi connectivity index (χ4n) is 3.96. The van der Waals surface area contributed by atoms with Crippen molar-refractivity contribution in [2.45, 2.75) is 73.1 Å². The lowest BCUT2D eigenvalue weighted by molar-refractivity contribution is 0.0585. The molecule has 1 amide bonds. The number of hydrogen-bond acceptors (Lipinski definition) is 5. The van der Waals surface area contributed by atoms with Crippen LogP contribution in [-0.4, -0.2) is 29.9 Å². The molecular weight excluding hydrogens is 468 g/mol. The quantitative estimate of drug-likeness (QED) is 0.282. The molecule has 1 aromatic heterocycles. The molecule has 2 aromatic carbocycles. The number of ether oxygens (including phenoxy) is 3. The van der Waals surface area contributed by atoms with E-state index in [0.29, 0.717) is 47.8 Å². The van der Waals surface area contributed by atoms with Gasteiger partial charge in [-0.15, -0.1) is 0 Å². The molecule has 0 atom stereocenters. The molecule has 3 rings (SSSR count). The monoisotopic (exact) mass is 508 g/mol. The van der Waals surface area contributed by atoms with Gasteiger partial charge in [-0.25, -0.2) is 4.79 Å². The zero-order chi connectivity index (χ0) is 27.2. The van der Waals surface area contributed by atoms with Gasteiger partial charge in [0, 0.05) is 19.0 Å². The molecule has 0 saturated heterocycles. The maximum absolute atomic E-state index is 13.8. The van der Waals surface area contributed by atoms with Crippen molar-refractivity contribution < 1.29 is 19.0 Å². The predicted octanol–water partition coefficient (Wildman–Crippen LogP) is 6.79. The summed E-state index contributed by atoms with van der Waals surface area (Å²) in [4.78, 5) is 28.3. The summed E-state index contributed by atoms with van der Waals surface area (Å²) in [5.74, 6) is 1.64. The van der Waals surface area contributed by atoms with Gasteiger partial charge in [-0.05, 0) is 56.9 Å². The van der Waals surface area contributed by atoms with Crippen LogP contribution in [0.2, 0.25) is 0 Å². The molecule has 0 unspecified atom stereocenters. The van der Waals surface area contributed by atoms with Crippen molar-refractivity contribution in [1.82, 2.24) is 4.57 Å². The van der Waals surface area contributed by atoms with Gasteiger partial charge in [-0.3, -0.25) is 14.3 Å². The second-order valence-corrected chi connectivity index (χ2v) is 10.7. The van der Waals surface area contributed by atoms with Crippen LogP contribution in [0.3, 0.4) is 0 Å². The number of nitrogens with zero attached hydrogens (tertiary/aromatic N) is 2. The van der Waals surface area contributed by atoms with Gasteiger partial charge in [0.2, 0.25) is 0 Å². The highest BCUT2D eigenvalue weighted by Gasteiger charge is 2.28. The maximum atomic E-state index is 13.8. The van der Waals surface area contributed by atoms with Gasteiger partial charge in [-0.1, -0.05) is 57.5 Å². The average molecular weight is 509 g/mol. The number of fused-ring (bicyclic) bond motifs is 1. The number of unbranched alkanes of at least 4 members (excludes halogenated alkanes) is 1. The van der Waals surface area contributed by atoms with Crippen LogP contribution < -0.4 is 19.9 Å². The van der Waals surface area contributed by atoms with Gasteiger partial charge in [0.05, 0.1) is 12.0 Å². The van der Waals surface area contributed by atoms with Crippen molar-refractivity contribution in [2.75, 3.05) is 18.6 Å². The SMILES string of the molecule is CCCCOc1c(N(C)C(=O)OC(C)(C)C)n(CC(C)C)c(=O)c2ccc(OCc3ccccc3)cc12. The van der Waals surface area contributed by atoms with Gasteiger partial charge in [0.1, 0.15) is 18.0 Å². The Bertz CT molecular complexity index is 1260. The Labute approximate surface area is 219 Å². The summed E-state index contributed by atoms with van der Waals surface area (Å²) in [6.07, 6.45) is 1.23. The molecular formula is C30H40N2O5. The van der Waals surface area contributed by atoms with E-state index in [1.54, 1.807) is 23.7 Å². The summed E-state index contributed by atoms with van der Waals surface area (Å²) in [7, 11) is 1.62. The Morgan fingerprint density at radius 3 is 2.35 bits per heavy atom. The second kappa shape index (κ2) is 12.2. The molecule has 1 heterocycles. The van der Waals surface area contributed by atoms with E-state index in [-0.39, 0.29) is 11.5 Å². The number of benzene rings is 2. The van der Waals surface area contributed by atoms with Crippen molar-refractivity contribution in [2.24, 2.45) is 5.92 Å². The van der Waals surface area contributed by atoms with Crippen LogP contribution in [0.25, 0.3) is 10.8 Å². The molecule has 37 heavy (non-hydrogen) atoms. The van der Waals surface area contributed by atoms with Crippen molar-refractivity contribution in [1.29, 1.82) is 0 Å². The van der Waals surface area contributed by atoms with Crippen LogP contribution in [0.5, 0.6) is 11.5 Å². The summed E-state index contributed by atoms with van der Waals surface area (Å²) in [6, 6.07) is 15.3. The van der Waals surface area contributed by atoms with Crippen molar-refractivity contribution in [3.05, 3.63) is 64.4 Å². The van der Waals surface area contributed by atoms with Crippen molar-refractivity contribution in [3.8, 4) is 11.5 Å². The Kier molecular flexibility index (Phi) is 9.24. The number of aromatic nitrogens is 1. The fourth-order valence-corrected chi connectivity index (χ4v) is 3.96. The van der Waals surface area contributed by atoms with Crippen molar-refractivity contribution in [3.63, 3.8) is 0 Å². The highest BCUT2D eigenvalue weighted by Crippen LogP contribution is 2.37. The smallest absolute Gasteiger partial charge is 0.415 e. The first-order chi connectivity index (χ1) is 17.5. The molecule has 0 saturated carbocycles. The molecule has 7 nitrogen and oxygen atoms in total. The Morgan fingerprint density at radius 1 is 1.03 bits per heavy atom. The molecule has 200 valence electrons. The third kappa shape index (κ3) is 7.28. The molecule has 3 aromatic rings. The van der Waals surface area contributed by atoms with E-state index in [0.717, 1.165) is 18.4 Å². The topological polar surface area (TPSA) is 70.0 Å². The molecule has 0 aliphatic rings. The highest BCUT2D eigenvalue weighted by molar-refractivity contribution is 5.97. The zero-order valence-corrected chi connectivity index (χ0v) is 23.2. The number of amides is 1. The molecule has 0 aliphatic heterocycles. The first-order valence-corrected chi connectivity index (χ1v) is 13.0. The number of pyridine rings is 1. The van der Waals surface area contributed by atoms with E-state index < -0.39 is 11.7 Å². The second-order valence-electron chi connectivity index (χ2n) is 10.7. The van der Waals surface area contributed by atoms with Gasteiger partial charge < -0.3 is 14.2 Å². The summed E-state index contributed by atoms with van der Waals surface area (Å²) >= 11 is 0. The minimum absolute atomic E-state index is 0.165. The van der Waals surface area contributed by atoms with Crippen LogP contribution in [0.4, 0.5) is 10.6 Å². The van der Waals surface area contributed by atoms with Crippen LogP contribution in [0.15, 0.2) is 53.3 Å². The van der Waals surface area contributed by atoms with Crippen LogP contribution in [0.1, 0.15) is 59.9 Å².